The zero-order valence-electron chi connectivity index (χ0n) is 9.43. The van der Waals surface area contributed by atoms with Gasteiger partial charge in [-0.1, -0.05) is 25.1 Å². The Morgan fingerprint density at radius 1 is 1.25 bits per heavy atom. The fourth-order valence-electron chi connectivity index (χ4n) is 1.73. The molecule has 0 spiro atoms. The van der Waals surface area contributed by atoms with Gasteiger partial charge in [0, 0.05) is 6.04 Å². The van der Waals surface area contributed by atoms with Crippen molar-refractivity contribution in [1.29, 1.82) is 0 Å². The first-order chi connectivity index (χ1) is 7.45. The van der Waals surface area contributed by atoms with E-state index in [1.807, 2.05) is 13.8 Å². The molecule has 0 heterocycles. The highest BCUT2D eigenvalue weighted by molar-refractivity contribution is 5.30. The minimum Gasteiger partial charge on any atom is -0.314 e. The number of hydrogen-bond donors (Lipinski definition) is 1. The van der Waals surface area contributed by atoms with Crippen LogP contribution in [-0.2, 0) is 12.6 Å². The minimum atomic E-state index is -4.26. The Labute approximate surface area is 93.7 Å². The Morgan fingerprint density at radius 2 is 1.88 bits per heavy atom. The molecular formula is C12H16F3N. The highest BCUT2D eigenvalue weighted by Gasteiger charge is 2.32. The van der Waals surface area contributed by atoms with Gasteiger partial charge in [0.2, 0.25) is 0 Å². The standard InChI is InChI=1S/C12H16F3N/c1-3-16-9(2)8-10-6-4-5-7-11(10)12(13,14)15/h4-7,9,16H,3,8H2,1-2H3. The fourth-order valence-corrected chi connectivity index (χ4v) is 1.73. The first-order valence-electron chi connectivity index (χ1n) is 5.33. The summed E-state index contributed by atoms with van der Waals surface area (Å²) in [5, 5.41) is 3.11. The van der Waals surface area contributed by atoms with Crippen LogP contribution in [0.25, 0.3) is 0 Å². The summed E-state index contributed by atoms with van der Waals surface area (Å²) in [7, 11) is 0. The van der Waals surface area contributed by atoms with Gasteiger partial charge in [-0.25, -0.2) is 0 Å². The van der Waals surface area contributed by atoms with E-state index >= 15 is 0 Å². The zero-order chi connectivity index (χ0) is 12.2. The van der Waals surface area contributed by atoms with Crippen LogP contribution in [0.15, 0.2) is 24.3 Å². The predicted octanol–water partition coefficient (Wildman–Crippen LogP) is 3.25. The monoisotopic (exact) mass is 231 g/mol. The first-order valence-corrected chi connectivity index (χ1v) is 5.33. The second-order valence-electron chi connectivity index (χ2n) is 3.82. The average molecular weight is 231 g/mol. The van der Waals surface area contributed by atoms with Crippen molar-refractivity contribution in [1.82, 2.24) is 5.32 Å². The normalized spacial score (nSPS) is 13.8. The molecule has 0 aliphatic heterocycles. The topological polar surface area (TPSA) is 12.0 Å². The summed E-state index contributed by atoms with van der Waals surface area (Å²) in [6.07, 6.45) is -3.87. The van der Waals surface area contributed by atoms with Crippen LogP contribution < -0.4 is 5.32 Å². The molecule has 1 nitrogen and oxygen atoms in total. The molecule has 90 valence electrons. The van der Waals surface area contributed by atoms with Crippen molar-refractivity contribution in [3.05, 3.63) is 35.4 Å². The van der Waals surface area contributed by atoms with Crippen LogP contribution in [0, 0.1) is 0 Å². The highest BCUT2D eigenvalue weighted by atomic mass is 19.4. The molecule has 0 aromatic heterocycles. The van der Waals surface area contributed by atoms with Crippen LogP contribution in [0.5, 0.6) is 0 Å². The summed E-state index contributed by atoms with van der Waals surface area (Å²) in [5.74, 6) is 0. The molecule has 4 heteroatoms. The summed E-state index contributed by atoms with van der Waals surface area (Å²) in [6, 6.07) is 5.78. The van der Waals surface area contributed by atoms with Crippen molar-refractivity contribution in [3.63, 3.8) is 0 Å². The third kappa shape index (κ3) is 3.52. The Kier molecular flexibility index (Phi) is 4.35. The third-order valence-electron chi connectivity index (χ3n) is 2.40. The molecule has 1 aromatic rings. The van der Waals surface area contributed by atoms with E-state index in [4.69, 9.17) is 0 Å². The molecular weight excluding hydrogens is 215 g/mol. The summed E-state index contributed by atoms with van der Waals surface area (Å²) < 4.78 is 38.0. The van der Waals surface area contributed by atoms with Crippen molar-refractivity contribution in [2.45, 2.75) is 32.5 Å². The molecule has 0 fully saturated rings. The van der Waals surface area contributed by atoms with Crippen LogP contribution in [0.3, 0.4) is 0 Å². The van der Waals surface area contributed by atoms with Crippen LogP contribution in [-0.4, -0.2) is 12.6 Å². The summed E-state index contributed by atoms with van der Waals surface area (Å²) in [5.41, 5.74) is -0.178. The molecule has 0 aliphatic rings. The van der Waals surface area contributed by atoms with Gasteiger partial charge >= 0.3 is 6.18 Å². The number of rotatable bonds is 4. The van der Waals surface area contributed by atoms with E-state index in [1.54, 1.807) is 6.07 Å². The van der Waals surface area contributed by atoms with Crippen molar-refractivity contribution >= 4 is 0 Å². The summed E-state index contributed by atoms with van der Waals surface area (Å²) in [6.45, 7) is 4.58. The quantitative estimate of drug-likeness (QED) is 0.838. The van der Waals surface area contributed by atoms with E-state index in [2.05, 4.69) is 5.32 Å². The van der Waals surface area contributed by atoms with E-state index in [0.29, 0.717) is 12.0 Å². The molecule has 1 aromatic carbocycles. The minimum absolute atomic E-state index is 0.0495. The van der Waals surface area contributed by atoms with Crippen LogP contribution >= 0.6 is 0 Å². The molecule has 0 aliphatic carbocycles. The van der Waals surface area contributed by atoms with Crippen LogP contribution in [0.1, 0.15) is 25.0 Å². The van der Waals surface area contributed by atoms with Crippen molar-refractivity contribution in [2.24, 2.45) is 0 Å². The average Bonchev–Trinajstić information content (AvgIpc) is 2.17. The number of nitrogens with one attached hydrogen (secondary N) is 1. The van der Waals surface area contributed by atoms with Gasteiger partial charge in [-0.3, -0.25) is 0 Å². The van der Waals surface area contributed by atoms with Gasteiger partial charge in [0.25, 0.3) is 0 Å². The second kappa shape index (κ2) is 5.34. The number of alkyl halides is 3. The first kappa shape index (κ1) is 13.0. The fraction of sp³-hybridized carbons (Fsp3) is 0.500. The number of halogens is 3. The third-order valence-corrected chi connectivity index (χ3v) is 2.40. The maximum absolute atomic E-state index is 12.7. The van der Waals surface area contributed by atoms with Crippen LogP contribution in [0.2, 0.25) is 0 Å². The zero-order valence-corrected chi connectivity index (χ0v) is 9.43. The Bertz CT molecular complexity index is 333. The number of benzene rings is 1. The van der Waals surface area contributed by atoms with Gasteiger partial charge < -0.3 is 5.32 Å². The van der Waals surface area contributed by atoms with Gasteiger partial charge in [-0.2, -0.15) is 13.2 Å². The highest BCUT2D eigenvalue weighted by Crippen LogP contribution is 2.32. The lowest BCUT2D eigenvalue weighted by Gasteiger charge is -2.16. The number of hydrogen-bond acceptors (Lipinski definition) is 1. The molecule has 0 radical (unpaired) electrons. The van der Waals surface area contributed by atoms with Crippen LogP contribution in [0.4, 0.5) is 13.2 Å². The molecule has 1 atom stereocenters. The SMILES string of the molecule is CCNC(C)Cc1ccccc1C(F)(F)F. The molecule has 1 N–H and O–H groups in total. The Morgan fingerprint density at radius 3 is 2.44 bits per heavy atom. The molecule has 0 saturated heterocycles. The van der Waals surface area contributed by atoms with Gasteiger partial charge in [-0.05, 0) is 31.5 Å². The lowest BCUT2D eigenvalue weighted by Crippen LogP contribution is -2.28. The van der Waals surface area contributed by atoms with E-state index < -0.39 is 11.7 Å². The van der Waals surface area contributed by atoms with E-state index in [1.165, 1.54) is 12.1 Å². The molecule has 0 bridgehead atoms. The lowest BCUT2D eigenvalue weighted by molar-refractivity contribution is -0.138. The molecule has 1 rings (SSSR count). The van der Waals surface area contributed by atoms with E-state index in [-0.39, 0.29) is 6.04 Å². The van der Waals surface area contributed by atoms with Crippen molar-refractivity contribution < 1.29 is 13.2 Å². The van der Waals surface area contributed by atoms with E-state index in [9.17, 15) is 13.2 Å². The summed E-state index contributed by atoms with van der Waals surface area (Å²) in [4.78, 5) is 0. The van der Waals surface area contributed by atoms with E-state index in [0.717, 1.165) is 12.6 Å². The van der Waals surface area contributed by atoms with Gasteiger partial charge in [0.15, 0.2) is 0 Å². The molecule has 0 saturated carbocycles. The smallest absolute Gasteiger partial charge is 0.314 e. The van der Waals surface area contributed by atoms with Gasteiger partial charge in [-0.15, -0.1) is 0 Å². The maximum atomic E-state index is 12.7. The second-order valence-corrected chi connectivity index (χ2v) is 3.82. The molecule has 0 amide bonds. The molecule has 16 heavy (non-hydrogen) atoms. The van der Waals surface area contributed by atoms with Crippen molar-refractivity contribution in [2.75, 3.05) is 6.54 Å². The Balaban J connectivity index is 2.87. The van der Waals surface area contributed by atoms with Crippen molar-refractivity contribution in [3.8, 4) is 0 Å². The summed E-state index contributed by atoms with van der Waals surface area (Å²) >= 11 is 0. The molecule has 1 unspecified atom stereocenters. The van der Waals surface area contributed by atoms with Gasteiger partial charge in [0.1, 0.15) is 0 Å². The Hall–Kier alpha value is -1.03. The van der Waals surface area contributed by atoms with Gasteiger partial charge in [0.05, 0.1) is 5.56 Å². The predicted molar refractivity (Wildman–Crippen MR) is 58.3 cm³/mol. The number of likely N-dealkylation sites (N-methyl/N-ethyl adjacent to an activating group) is 1. The lowest BCUT2D eigenvalue weighted by atomic mass is 10.0. The maximum Gasteiger partial charge on any atom is 0.416 e. The largest absolute Gasteiger partial charge is 0.416 e.